The van der Waals surface area contributed by atoms with Crippen LogP contribution in [0.3, 0.4) is 0 Å². The SMILES string of the molecule is CN=C(NCCC(=O)NCc1ccccc1)NCc1ccc(OC)c(OC)c1.I. The Bertz CT molecular complexity index is 785. The van der Waals surface area contributed by atoms with Crippen molar-refractivity contribution in [3.63, 3.8) is 0 Å². The summed E-state index contributed by atoms with van der Waals surface area (Å²) >= 11 is 0. The lowest BCUT2D eigenvalue weighted by Crippen LogP contribution is -2.38. The summed E-state index contributed by atoms with van der Waals surface area (Å²) in [4.78, 5) is 16.1. The van der Waals surface area contributed by atoms with Crippen molar-refractivity contribution >= 4 is 35.8 Å². The molecule has 0 atom stereocenters. The average molecular weight is 512 g/mol. The molecule has 0 fully saturated rings. The summed E-state index contributed by atoms with van der Waals surface area (Å²) in [5.74, 6) is 1.99. The number of methoxy groups -OCH3 is 2. The van der Waals surface area contributed by atoms with E-state index in [0.29, 0.717) is 43.5 Å². The number of nitrogens with one attached hydrogen (secondary N) is 3. The predicted octanol–water partition coefficient (Wildman–Crippen LogP) is 2.69. The summed E-state index contributed by atoms with van der Waals surface area (Å²) in [6.07, 6.45) is 0.365. The fraction of sp³-hybridized carbons (Fsp3) is 0.333. The second-order valence-corrected chi connectivity index (χ2v) is 6.05. The van der Waals surface area contributed by atoms with Crippen LogP contribution in [0.25, 0.3) is 0 Å². The molecular weight excluding hydrogens is 483 g/mol. The van der Waals surface area contributed by atoms with Gasteiger partial charge in [-0.3, -0.25) is 9.79 Å². The Morgan fingerprint density at radius 2 is 1.59 bits per heavy atom. The van der Waals surface area contributed by atoms with E-state index in [4.69, 9.17) is 9.47 Å². The zero-order chi connectivity index (χ0) is 20.2. The van der Waals surface area contributed by atoms with Gasteiger partial charge in [0.15, 0.2) is 17.5 Å². The Hall–Kier alpha value is -2.49. The lowest BCUT2D eigenvalue weighted by Gasteiger charge is -2.13. The van der Waals surface area contributed by atoms with E-state index in [0.717, 1.165) is 11.1 Å². The number of halogens is 1. The molecule has 0 aliphatic rings. The highest BCUT2D eigenvalue weighted by atomic mass is 127. The van der Waals surface area contributed by atoms with Gasteiger partial charge in [0.25, 0.3) is 0 Å². The molecule has 158 valence electrons. The first-order chi connectivity index (χ1) is 13.7. The Morgan fingerprint density at radius 1 is 0.897 bits per heavy atom. The first-order valence-electron chi connectivity index (χ1n) is 9.12. The molecule has 8 heteroatoms. The van der Waals surface area contributed by atoms with E-state index >= 15 is 0 Å². The molecule has 0 saturated carbocycles. The van der Waals surface area contributed by atoms with Gasteiger partial charge in [-0.25, -0.2) is 0 Å². The van der Waals surface area contributed by atoms with Crippen LogP contribution in [-0.4, -0.2) is 39.7 Å². The summed E-state index contributed by atoms with van der Waals surface area (Å²) in [5, 5.41) is 9.27. The second-order valence-electron chi connectivity index (χ2n) is 6.05. The van der Waals surface area contributed by atoms with Gasteiger partial charge in [-0.05, 0) is 23.3 Å². The van der Waals surface area contributed by atoms with Gasteiger partial charge in [0.05, 0.1) is 14.2 Å². The highest BCUT2D eigenvalue weighted by molar-refractivity contribution is 14.0. The first kappa shape index (κ1) is 24.5. The summed E-state index contributed by atoms with van der Waals surface area (Å²) in [6.45, 7) is 1.60. The number of benzene rings is 2. The smallest absolute Gasteiger partial charge is 0.222 e. The van der Waals surface area contributed by atoms with Crippen LogP contribution in [0, 0.1) is 0 Å². The lowest BCUT2D eigenvalue weighted by atomic mass is 10.2. The molecular formula is C21H29IN4O3. The third-order valence-electron chi connectivity index (χ3n) is 4.11. The fourth-order valence-electron chi connectivity index (χ4n) is 2.58. The molecule has 2 rings (SSSR count). The molecule has 0 aliphatic heterocycles. The van der Waals surface area contributed by atoms with Crippen molar-refractivity contribution < 1.29 is 14.3 Å². The van der Waals surface area contributed by atoms with E-state index in [1.807, 2.05) is 48.5 Å². The summed E-state index contributed by atoms with van der Waals surface area (Å²) < 4.78 is 10.6. The van der Waals surface area contributed by atoms with Crippen molar-refractivity contribution in [2.75, 3.05) is 27.8 Å². The number of ether oxygens (including phenoxy) is 2. The van der Waals surface area contributed by atoms with Gasteiger partial charge in [0.2, 0.25) is 5.91 Å². The van der Waals surface area contributed by atoms with E-state index in [9.17, 15) is 4.79 Å². The monoisotopic (exact) mass is 512 g/mol. The Kier molecular flexibility index (Phi) is 11.6. The van der Waals surface area contributed by atoms with E-state index in [1.54, 1.807) is 21.3 Å². The zero-order valence-electron chi connectivity index (χ0n) is 17.0. The molecule has 7 nitrogen and oxygen atoms in total. The quantitative estimate of drug-likeness (QED) is 0.274. The molecule has 2 aromatic rings. The summed E-state index contributed by atoms with van der Waals surface area (Å²) in [6, 6.07) is 15.6. The molecule has 0 heterocycles. The van der Waals surface area contributed by atoms with Crippen LogP contribution in [0.1, 0.15) is 17.5 Å². The second kappa shape index (κ2) is 13.6. The molecule has 1 amide bonds. The number of rotatable bonds is 9. The number of carbonyl (C=O) groups excluding carboxylic acids is 1. The molecule has 3 N–H and O–H groups in total. The van der Waals surface area contributed by atoms with Gasteiger partial charge in [0.1, 0.15) is 0 Å². The van der Waals surface area contributed by atoms with Crippen LogP contribution in [0.4, 0.5) is 0 Å². The first-order valence-corrected chi connectivity index (χ1v) is 9.12. The van der Waals surface area contributed by atoms with Crippen molar-refractivity contribution in [2.45, 2.75) is 19.5 Å². The van der Waals surface area contributed by atoms with Crippen LogP contribution in [-0.2, 0) is 17.9 Å². The molecule has 2 aromatic carbocycles. The molecule has 0 radical (unpaired) electrons. The van der Waals surface area contributed by atoms with Crippen molar-refractivity contribution in [3.8, 4) is 11.5 Å². The maximum Gasteiger partial charge on any atom is 0.222 e. The predicted molar refractivity (Wildman–Crippen MR) is 126 cm³/mol. The zero-order valence-corrected chi connectivity index (χ0v) is 19.4. The topological polar surface area (TPSA) is 84.0 Å². The summed E-state index contributed by atoms with van der Waals surface area (Å²) in [7, 11) is 4.91. The molecule has 29 heavy (non-hydrogen) atoms. The Balaban J connectivity index is 0.00000420. The number of hydrogen-bond acceptors (Lipinski definition) is 4. The molecule has 0 bridgehead atoms. The fourth-order valence-corrected chi connectivity index (χ4v) is 2.58. The van der Waals surface area contributed by atoms with Gasteiger partial charge in [0, 0.05) is 33.1 Å². The average Bonchev–Trinajstić information content (AvgIpc) is 2.75. The number of hydrogen-bond donors (Lipinski definition) is 3. The van der Waals surface area contributed by atoms with Crippen molar-refractivity contribution in [2.24, 2.45) is 4.99 Å². The van der Waals surface area contributed by atoms with Crippen molar-refractivity contribution in [1.82, 2.24) is 16.0 Å². The molecule has 0 spiro atoms. The number of nitrogens with zero attached hydrogens (tertiary/aromatic N) is 1. The van der Waals surface area contributed by atoms with Crippen LogP contribution >= 0.6 is 24.0 Å². The normalized spacial score (nSPS) is 10.5. The largest absolute Gasteiger partial charge is 0.493 e. The Morgan fingerprint density at radius 3 is 2.24 bits per heavy atom. The lowest BCUT2D eigenvalue weighted by molar-refractivity contribution is -0.121. The minimum Gasteiger partial charge on any atom is -0.493 e. The summed E-state index contributed by atoms with van der Waals surface area (Å²) in [5.41, 5.74) is 2.11. The number of amides is 1. The third-order valence-corrected chi connectivity index (χ3v) is 4.11. The van der Waals surface area contributed by atoms with Crippen LogP contribution < -0.4 is 25.4 Å². The third kappa shape index (κ3) is 8.59. The maximum atomic E-state index is 12.0. The number of aliphatic imine (C=N–C) groups is 1. The minimum absolute atomic E-state index is 0. The van der Waals surface area contributed by atoms with Crippen molar-refractivity contribution in [3.05, 3.63) is 59.7 Å². The van der Waals surface area contributed by atoms with Crippen molar-refractivity contribution in [1.29, 1.82) is 0 Å². The highest BCUT2D eigenvalue weighted by Crippen LogP contribution is 2.27. The van der Waals surface area contributed by atoms with Gasteiger partial charge >= 0.3 is 0 Å². The van der Waals surface area contributed by atoms with Crippen LogP contribution in [0.15, 0.2) is 53.5 Å². The number of guanidine groups is 1. The van der Waals surface area contributed by atoms with E-state index in [2.05, 4.69) is 20.9 Å². The van der Waals surface area contributed by atoms with Gasteiger partial charge in [-0.2, -0.15) is 0 Å². The van der Waals surface area contributed by atoms with Crippen LogP contribution in [0.2, 0.25) is 0 Å². The van der Waals surface area contributed by atoms with Gasteiger partial charge in [-0.15, -0.1) is 24.0 Å². The molecule has 0 saturated heterocycles. The van der Waals surface area contributed by atoms with Gasteiger partial charge < -0.3 is 25.4 Å². The standard InChI is InChI=1S/C21H28N4O3.HI/c1-22-21(25-15-17-9-10-18(27-2)19(13-17)28-3)23-12-11-20(26)24-14-16-7-5-4-6-8-16;/h4-10,13H,11-12,14-15H2,1-3H3,(H,24,26)(H2,22,23,25);1H. The highest BCUT2D eigenvalue weighted by Gasteiger charge is 2.06. The van der Waals surface area contributed by atoms with Gasteiger partial charge in [-0.1, -0.05) is 36.4 Å². The van der Waals surface area contributed by atoms with E-state index in [1.165, 1.54) is 0 Å². The van der Waals surface area contributed by atoms with E-state index in [-0.39, 0.29) is 29.9 Å². The minimum atomic E-state index is -0.00769. The molecule has 0 unspecified atom stereocenters. The number of carbonyl (C=O) groups is 1. The Labute approximate surface area is 189 Å². The van der Waals surface area contributed by atoms with E-state index < -0.39 is 0 Å². The molecule has 0 aliphatic carbocycles. The van der Waals surface area contributed by atoms with Crippen LogP contribution in [0.5, 0.6) is 11.5 Å². The molecule has 0 aromatic heterocycles. The maximum absolute atomic E-state index is 12.0.